The normalized spacial score (nSPS) is 20.3. The van der Waals surface area contributed by atoms with E-state index in [1.54, 1.807) is 0 Å². The van der Waals surface area contributed by atoms with Crippen molar-refractivity contribution in [2.24, 2.45) is 0 Å². The molecular weight excluding hydrogens is 289 g/mol. The van der Waals surface area contributed by atoms with Crippen LogP contribution in [0.25, 0.3) is 0 Å². The van der Waals surface area contributed by atoms with Gasteiger partial charge >= 0.3 is 6.18 Å². The van der Waals surface area contributed by atoms with E-state index in [2.05, 4.69) is 9.97 Å². The molecule has 0 bridgehead atoms. The Morgan fingerprint density at radius 3 is 2.83 bits per heavy atom. The molecule has 2 rings (SSSR count). The SMILES string of the molecule is FC(F)(F)c1nc(Cl)cc(SCC2CCCO2)n1. The smallest absolute Gasteiger partial charge is 0.377 e. The molecule has 1 aliphatic heterocycles. The Morgan fingerprint density at radius 1 is 1.44 bits per heavy atom. The van der Waals surface area contributed by atoms with Crippen LogP contribution in [0.4, 0.5) is 13.2 Å². The summed E-state index contributed by atoms with van der Waals surface area (Å²) in [6.07, 6.45) is -2.58. The summed E-state index contributed by atoms with van der Waals surface area (Å²) in [5.41, 5.74) is 0. The summed E-state index contributed by atoms with van der Waals surface area (Å²) in [5.74, 6) is -0.630. The predicted octanol–water partition coefficient (Wildman–Crippen LogP) is 3.42. The molecule has 1 aliphatic rings. The van der Waals surface area contributed by atoms with Gasteiger partial charge in [-0.15, -0.1) is 11.8 Å². The van der Waals surface area contributed by atoms with Crippen molar-refractivity contribution in [3.63, 3.8) is 0 Å². The first-order chi connectivity index (χ1) is 8.45. The van der Waals surface area contributed by atoms with Crippen LogP contribution in [0.15, 0.2) is 11.1 Å². The van der Waals surface area contributed by atoms with Crippen molar-refractivity contribution in [2.45, 2.75) is 30.1 Å². The number of alkyl halides is 3. The van der Waals surface area contributed by atoms with Gasteiger partial charge in [0.15, 0.2) is 0 Å². The zero-order valence-corrected chi connectivity index (χ0v) is 10.8. The molecule has 0 spiro atoms. The topological polar surface area (TPSA) is 35.0 Å². The van der Waals surface area contributed by atoms with Crippen molar-refractivity contribution in [1.82, 2.24) is 9.97 Å². The number of thioether (sulfide) groups is 1. The maximum atomic E-state index is 12.5. The lowest BCUT2D eigenvalue weighted by Crippen LogP contribution is -2.12. The van der Waals surface area contributed by atoms with Crippen molar-refractivity contribution in [3.8, 4) is 0 Å². The first-order valence-corrected chi connectivity index (χ1v) is 6.67. The van der Waals surface area contributed by atoms with Gasteiger partial charge < -0.3 is 4.74 Å². The van der Waals surface area contributed by atoms with Crippen LogP contribution in [0.5, 0.6) is 0 Å². The van der Waals surface area contributed by atoms with Gasteiger partial charge in [0.1, 0.15) is 10.2 Å². The van der Waals surface area contributed by atoms with Crippen LogP contribution < -0.4 is 0 Å². The van der Waals surface area contributed by atoms with Crippen LogP contribution in [0.2, 0.25) is 5.15 Å². The molecule has 0 aromatic carbocycles. The molecular formula is C10H10ClF3N2OS. The molecule has 2 heterocycles. The molecule has 0 aliphatic carbocycles. The first-order valence-electron chi connectivity index (χ1n) is 5.31. The third-order valence-electron chi connectivity index (χ3n) is 2.37. The fourth-order valence-electron chi connectivity index (χ4n) is 1.55. The molecule has 100 valence electrons. The van der Waals surface area contributed by atoms with E-state index in [1.165, 1.54) is 17.8 Å². The molecule has 0 saturated carbocycles. The highest BCUT2D eigenvalue weighted by molar-refractivity contribution is 7.99. The second kappa shape index (κ2) is 5.63. The molecule has 1 aromatic rings. The second-order valence-electron chi connectivity index (χ2n) is 3.80. The van der Waals surface area contributed by atoms with Gasteiger partial charge in [0.05, 0.1) is 6.10 Å². The maximum absolute atomic E-state index is 12.5. The number of ether oxygens (including phenoxy) is 1. The van der Waals surface area contributed by atoms with Crippen molar-refractivity contribution in [3.05, 3.63) is 17.0 Å². The number of halogens is 4. The van der Waals surface area contributed by atoms with Gasteiger partial charge in [0.25, 0.3) is 0 Å². The lowest BCUT2D eigenvalue weighted by molar-refractivity contribution is -0.145. The Bertz CT molecular complexity index is 424. The predicted molar refractivity (Wildman–Crippen MR) is 61.7 cm³/mol. The van der Waals surface area contributed by atoms with Crippen LogP contribution in [0.3, 0.4) is 0 Å². The number of aromatic nitrogens is 2. The molecule has 8 heteroatoms. The van der Waals surface area contributed by atoms with Crippen LogP contribution in [-0.4, -0.2) is 28.4 Å². The minimum absolute atomic E-state index is 0.0816. The Balaban J connectivity index is 2.05. The van der Waals surface area contributed by atoms with Crippen molar-refractivity contribution < 1.29 is 17.9 Å². The van der Waals surface area contributed by atoms with Gasteiger partial charge in [-0.1, -0.05) is 11.6 Å². The maximum Gasteiger partial charge on any atom is 0.451 e. The molecule has 1 unspecified atom stereocenters. The van der Waals surface area contributed by atoms with Crippen LogP contribution in [-0.2, 0) is 10.9 Å². The molecule has 18 heavy (non-hydrogen) atoms. The van der Waals surface area contributed by atoms with Gasteiger partial charge in [0.2, 0.25) is 5.82 Å². The Labute approximate surface area is 111 Å². The van der Waals surface area contributed by atoms with E-state index in [-0.39, 0.29) is 16.3 Å². The molecule has 1 atom stereocenters. The minimum Gasteiger partial charge on any atom is -0.377 e. The number of rotatable bonds is 3. The standard InChI is InChI=1S/C10H10ClF3N2OS/c11-7-4-8(16-9(15-7)10(12,13)14)18-5-6-2-1-3-17-6/h4,6H,1-3,5H2. The number of hydrogen-bond acceptors (Lipinski definition) is 4. The van der Waals surface area contributed by atoms with E-state index in [0.717, 1.165) is 12.8 Å². The Morgan fingerprint density at radius 2 is 2.22 bits per heavy atom. The zero-order chi connectivity index (χ0) is 13.2. The monoisotopic (exact) mass is 298 g/mol. The summed E-state index contributed by atoms with van der Waals surface area (Å²) in [5, 5.41) is 0.0185. The van der Waals surface area contributed by atoms with Gasteiger partial charge in [-0.25, -0.2) is 9.97 Å². The third-order valence-corrected chi connectivity index (χ3v) is 3.60. The summed E-state index contributed by atoms with van der Waals surface area (Å²) in [6.45, 7) is 0.712. The van der Waals surface area contributed by atoms with Crippen molar-refractivity contribution >= 4 is 23.4 Å². The van der Waals surface area contributed by atoms with Crippen LogP contribution >= 0.6 is 23.4 Å². The second-order valence-corrected chi connectivity index (χ2v) is 5.22. The summed E-state index contributed by atoms with van der Waals surface area (Å²) in [4.78, 5) is 6.62. The fraction of sp³-hybridized carbons (Fsp3) is 0.600. The van der Waals surface area contributed by atoms with Crippen LogP contribution in [0, 0.1) is 0 Å². The van der Waals surface area contributed by atoms with Crippen molar-refractivity contribution in [2.75, 3.05) is 12.4 Å². The molecule has 1 aromatic heterocycles. The van der Waals surface area contributed by atoms with E-state index in [9.17, 15) is 13.2 Å². The molecule has 3 nitrogen and oxygen atoms in total. The molecule has 1 saturated heterocycles. The lowest BCUT2D eigenvalue weighted by atomic mass is 10.3. The molecule has 0 N–H and O–H groups in total. The largest absolute Gasteiger partial charge is 0.451 e. The van der Waals surface area contributed by atoms with Gasteiger partial charge in [0, 0.05) is 18.4 Å². The molecule has 1 fully saturated rings. The lowest BCUT2D eigenvalue weighted by Gasteiger charge is -2.10. The molecule has 0 radical (unpaired) electrons. The summed E-state index contributed by atoms with van der Waals surface area (Å²) >= 11 is 6.76. The summed E-state index contributed by atoms with van der Waals surface area (Å²) in [7, 11) is 0. The van der Waals surface area contributed by atoms with Gasteiger partial charge in [-0.3, -0.25) is 0 Å². The first kappa shape index (κ1) is 13.9. The average molecular weight is 299 g/mol. The zero-order valence-electron chi connectivity index (χ0n) is 9.21. The average Bonchev–Trinajstić information content (AvgIpc) is 2.77. The number of nitrogens with zero attached hydrogens (tertiary/aromatic N) is 2. The Kier molecular flexibility index (Phi) is 4.34. The summed E-state index contributed by atoms with van der Waals surface area (Å²) in [6, 6.07) is 1.33. The minimum atomic E-state index is -4.58. The quantitative estimate of drug-likeness (QED) is 0.633. The highest BCUT2D eigenvalue weighted by Crippen LogP contribution is 2.30. The highest BCUT2D eigenvalue weighted by Gasteiger charge is 2.35. The molecule has 0 amide bonds. The third kappa shape index (κ3) is 3.73. The fourth-order valence-corrected chi connectivity index (χ4v) is 2.77. The number of hydrogen-bond donors (Lipinski definition) is 0. The van der Waals surface area contributed by atoms with E-state index in [1.807, 2.05) is 0 Å². The van der Waals surface area contributed by atoms with E-state index < -0.39 is 12.0 Å². The van der Waals surface area contributed by atoms with Crippen molar-refractivity contribution in [1.29, 1.82) is 0 Å². The van der Waals surface area contributed by atoms with Gasteiger partial charge in [-0.2, -0.15) is 13.2 Å². The summed E-state index contributed by atoms with van der Waals surface area (Å²) < 4.78 is 42.8. The van der Waals surface area contributed by atoms with E-state index in [0.29, 0.717) is 12.4 Å². The van der Waals surface area contributed by atoms with E-state index in [4.69, 9.17) is 16.3 Å². The highest BCUT2D eigenvalue weighted by atomic mass is 35.5. The van der Waals surface area contributed by atoms with E-state index >= 15 is 0 Å². The Hall–Kier alpha value is -0.530. The van der Waals surface area contributed by atoms with Crippen LogP contribution in [0.1, 0.15) is 18.7 Å². The van der Waals surface area contributed by atoms with Gasteiger partial charge in [-0.05, 0) is 12.8 Å².